The van der Waals surface area contributed by atoms with Crippen molar-refractivity contribution in [3.05, 3.63) is 29.6 Å². The lowest BCUT2D eigenvalue weighted by molar-refractivity contribution is 0.197. The first-order valence-electron chi connectivity index (χ1n) is 6.92. The molecule has 0 atom stereocenters. The Morgan fingerprint density at radius 3 is 2.57 bits per heavy atom. The van der Waals surface area contributed by atoms with Crippen LogP contribution in [0.3, 0.4) is 0 Å². The van der Waals surface area contributed by atoms with Crippen molar-refractivity contribution in [2.75, 3.05) is 27.2 Å². The number of benzene rings is 1. The monoisotopic (exact) mass is 316 g/mol. The van der Waals surface area contributed by atoms with Crippen molar-refractivity contribution in [2.24, 2.45) is 0 Å². The standard InChI is InChI=1S/C14H21FN2O3S/c1-16-7-5-12(6-8-16)17(2)21(19,20)13-3-4-14(15)11(9-13)10-18/h3-4,9,12,18H,5-8,10H2,1-2H3. The summed E-state index contributed by atoms with van der Waals surface area (Å²) in [5, 5.41) is 9.07. The fourth-order valence-electron chi connectivity index (χ4n) is 2.55. The summed E-state index contributed by atoms with van der Waals surface area (Å²) >= 11 is 0. The summed E-state index contributed by atoms with van der Waals surface area (Å²) in [6, 6.07) is 3.49. The molecule has 0 spiro atoms. The van der Waals surface area contributed by atoms with Gasteiger partial charge in [-0.3, -0.25) is 0 Å². The molecule has 2 rings (SSSR count). The number of hydrogen-bond donors (Lipinski definition) is 1. The number of halogens is 1. The Labute approximate surface area is 125 Å². The topological polar surface area (TPSA) is 60.9 Å². The molecule has 7 heteroatoms. The van der Waals surface area contributed by atoms with Crippen LogP contribution in [0, 0.1) is 5.82 Å². The molecule has 1 N–H and O–H groups in total. The van der Waals surface area contributed by atoms with Crippen molar-refractivity contribution in [3.8, 4) is 0 Å². The van der Waals surface area contributed by atoms with Gasteiger partial charge in [0.25, 0.3) is 0 Å². The van der Waals surface area contributed by atoms with E-state index in [9.17, 15) is 12.8 Å². The Hall–Kier alpha value is -1.02. The van der Waals surface area contributed by atoms with Gasteiger partial charge in [-0.25, -0.2) is 12.8 Å². The third-order valence-corrected chi connectivity index (χ3v) is 5.97. The van der Waals surface area contributed by atoms with Crippen molar-refractivity contribution in [1.82, 2.24) is 9.21 Å². The first kappa shape index (κ1) is 16.4. The highest BCUT2D eigenvalue weighted by molar-refractivity contribution is 7.89. The maximum Gasteiger partial charge on any atom is 0.243 e. The summed E-state index contributed by atoms with van der Waals surface area (Å²) in [7, 11) is -0.0935. The highest BCUT2D eigenvalue weighted by atomic mass is 32.2. The van der Waals surface area contributed by atoms with Crippen LogP contribution in [0.5, 0.6) is 0 Å². The molecule has 1 heterocycles. The number of likely N-dealkylation sites (tertiary alicyclic amines) is 1. The molecule has 5 nitrogen and oxygen atoms in total. The van der Waals surface area contributed by atoms with Gasteiger partial charge in [-0.1, -0.05) is 0 Å². The summed E-state index contributed by atoms with van der Waals surface area (Å²) in [4.78, 5) is 2.19. The molecule has 21 heavy (non-hydrogen) atoms. The average Bonchev–Trinajstić information content (AvgIpc) is 2.47. The molecule has 0 radical (unpaired) electrons. The summed E-state index contributed by atoms with van der Waals surface area (Å²) in [5.41, 5.74) is -0.00662. The smallest absolute Gasteiger partial charge is 0.243 e. The first-order chi connectivity index (χ1) is 9.86. The molecule has 0 aromatic heterocycles. The fourth-order valence-corrected chi connectivity index (χ4v) is 4.02. The Bertz CT molecular complexity index is 598. The molecule has 1 aromatic rings. The highest BCUT2D eigenvalue weighted by Crippen LogP contribution is 2.23. The zero-order valence-electron chi connectivity index (χ0n) is 12.3. The van der Waals surface area contributed by atoms with Crippen LogP contribution in [0.4, 0.5) is 4.39 Å². The number of hydrogen-bond acceptors (Lipinski definition) is 4. The van der Waals surface area contributed by atoms with Gasteiger partial charge in [0.05, 0.1) is 11.5 Å². The second-order valence-electron chi connectivity index (χ2n) is 5.47. The quantitative estimate of drug-likeness (QED) is 0.901. The molecule has 1 aliphatic rings. The van der Waals surface area contributed by atoms with E-state index in [0.29, 0.717) is 0 Å². The lowest BCUT2D eigenvalue weighted by Gasteiger charge is -2.34. The third-order valence-electron chi connectivity index (χ3n) is 4.07. The number of aliphatic hydroxyl groups excluding tert-OH is 1. The SMILES string of the molecule is CN1CCC(N(C)S(=O)(=O)c2ccc(F)c(CO)c2)CC1. The maximum absolute atomic E-state index is 13.4. The normalized spacial score (nSPS) is 18.3. The van der Waals surface area contributed by atoms with Gasteiger partial charge in [-0.05, 0) is 51.2 Å². The zero-order chi connectivity index (χ0) is 15.6. The molecule has 0 amide bonds. The summed E-state index contributed by atoms with van der Waals surface area (Å²) < 4.78 is 40.0. The van der Waals surface area contributed by atoms with Gasteiger partial charge in [0.15, 0.2) is 0 Å². The molecule has 1 fully saturated rings. The number of rotatable bonds is 4. The average molecular weight is 316 g/mol. The molecule has 0 unspecified atom stereocenters. The lowest BCUT2D eigenvalue weighted by atomic mass is 10.1. The van der Waals surface area contributed by atoms with Crippen LogP contribution < -0.4 is 0 Å². The molecule has 0 bridgehead atoms. The van der Waals surface area contributed by atoms with Gasteiger partial charge >= 0.3 is 0 Å². The van der Waals surface area contributed by atoms with E-state index < -0.39 is 22.4 Å². The minimum Gasteiger partial charge on any atom is -0.392 e. The number of nitrogens with zero attached hydrogens (tertiary/aromatic N) is 2. The molecular weight excluding hydrogens is 295 g/mol. The third kappa shape index (κ3) is 3.42. The van der Waals surface area contributed by atoms with Gasteiger partial charge < -0.3 is 10.0 Å². The Balaban J connectivity index is 2.24. The van der Waals surface area contributed by atoms with Crippen molar-refractivity contribution in [2.45, 2.75) is 30.4 Å². The van der Waals surface area contributed by atoms with E-state index >= 15 is 0 Å². The maximum atomic E-state index is 13.4. The van der Waals surface area contributed by atoms with Gasteiger partial charge in [0.2, 0.25) is 10.0 Å². The van der Waals surface area contributed by atoms with Crippen LogP contribution in [-0.4, -0.2) is 56.0 Å². The Morgan fingerprint density at radius 1 is 1.38 bits per heavy atom. The number of sulfonamides is 1. The van der Waals surface area contributed by atoms with Crippen LogP contribution in [0.15, 0.2) is 23.1 Å². The highest BCUT2D eigenvalue weighted by Gasteiger charge is 2.30. The van der Waals surface area contributed by atoms with E-state index in [1.165, 1.54) is 16.4 Å². The first-order valence-corrected chi connectivity index (χ1v) is 8.36. The summed E-state index contributed by atoms with van der Waals surface area (Å²) in [6.45, 7) is 1.19. The van der Waals surface area contributed by atoms with E-state index in [4.69, 9.17) is 5.11 Å². The van der Waals surface area contributed by atoms with Crippen LogP contribution in [-0.2, 0) is 16.6 Å². The number of piperidine rings is 1. The van der Waals surface area contributed by atoms with Crippen LogP contribution in [0.2, 0.25) is 0 Å². The van der Waals surface area contributed by atoms with Crippen molar-refractivity contribution >= 4 is 10.0 Å². The summed E-state index contributed by atoms with van der Waals surface area (Å²) in [6.07, 6.45) is 1.56. The van der Waals surface area contributed by atoms with Crippen LogP contribution in [0.25, 0.3) is 0 Å². The second-order valence-corrected chi connectivity index (χ2v) is 7.46. The van der Waals surface area contributed by atoms with E-state index in [0.717, 1.165) is 32.0 Å². The molecule has 0 saturated carbocycles. The van der Waals surface area contributed by atoms with Gasteiger partial charge in [0, 0.05) is 18.7 Å². The van der Waals surface area contributed by atoms with E-state index in [-0.39, 0.29) is 16.5 Å². The molecular formula is C14H21FN2O3S. The zero-order valence-corrected chi connectivity index (χ0v) is 13.1. The van der Waals surface area contributed by atoms with Gasteiger partial charge in [0.1, 0.15) is 5.82 Å². The Morgan fingerprint density at radius 2 is 2.00 bits per heavy atom. The minimum atomic E-state index is -3.67. The predicted octanol–water partition coefficient (Wildman–Crippen LogP) is 1.03. The van der Waals surface area contributed by atoms with Crippen molar-refractivity contribution in [1.29, 1.82) is 0 Å². The van der Waals surface area contributed by atoms with E-state index in [1.54, 1.807) is 7.05 Å². The fraction of sp³-hybridized carbons (Fsp3) is 0.571. The van der Waals surface area contributed by atoms with Crippen molar-refractivity contribution < 1.29 is 17.9 Å². The molecule has 118 valence electrons. The van der Waals surface area contributed by atoms with Crippen molar-refractivity contribution in [3.63, 3.8) is 0 Å². The number of aliphatic hydroxyl groups is 1. The Kier molecular flexibility index (Phi) is 4.98. The lowest BCUT2D eigenvalue weighted by Crippen LogP contribution is -2.44. The second kappa shape index (κ2) is 6.39. The minimum absolute atomic E-state index is 0.00662. The molecule has 0 aliphatic carbocycles. The van der Waals surface area contributed by atoms with E-state index in [2.05, 4.69) is 4.90 Å². The van der Waals surface area contributed by atoms with Gasteiger partial charge in [-0.2, -0.15) is 4.31 Å². The molecule has 1 saturated heterocycles. The van der Waals surface area contributed by atoms with Crippen LogP contribution in [0.1, 0.15) is 18.4 Å². The predicted molar refractivity (Wildman–Crippen MR) is 77.8 cm³/mol. The van der Waals surface area contributed by atoms with Gasteiger partial charge in [-0.15, -0.1) is 0 Å². The summed E-state index contributed by atoms with van der Waals surface area (Å²) in [5.74, 6) is -0.599. The largest absolute Gasteiger partial charge is 0.392 e. The molecule has 1 aromatic carbocycles. The molecule has 1 aliphatic heterocycles. The van der Waals surface area contributed by atoms with E-state index in [1.807, 2.05) is 7.05 Å². The van der Waals surface area contributed by atoms with Crippen LogP contribution >= 0.6 is 0 Å².